The Labute approximate surface area is 112 Å². The van der Waals surface area contributed by atoms with Gasteiger partial charge in [-0.3, -0.25) is 0 Å². The topological polar surface area (TPSA) is 85.6 Å². The lowest BCUT2D eigenvalue weighted by atomic mass is 10.0. The van der Waals surface area contributed by atoms with Gasteiger partial charge in [0.05, 0.1) is 13.7 Å². The Hall–Kier alpha value is -1.95. The highest BCUT2D eigenvalue weighted by molar-refractivity contribution is 5.71. The molecule has 4 N–H and O–H groups in total. The van der Waals surface area contributed by atoms with Gasteiger partial charge in [-0.05, 0) is 18.2 Å². The third-order valence-corrected chi connectivity index (χ3v) is 3.07. The van der Waals surface area contributed by atoms with E-state index in [9.17, 15) is 4.79 Å². The summed E-state index contributed by atoms with van der Waals surface area (Å²) in [5.74, 6) is 1.69. The quantitative estimate of drug-likeness (QED) is 0.687. The smallest absolute Gasteiger partial charge is 0.312 e. The summed E-state index contributed by atoms with van der Waals surface area (Å²) in [7, 11) is 1.64. The Balaban J connectivity index is 1.98. The number of hydrogen-bond donors (Lipinski definition) is 3. The van der Waals surface area contributed by atoms with E-state index >= 15 is 0 Å². The summed E-state index contributed by atoms with van der Waals surface area (Å²) in [4.78, 5) is 10.6. The summed E-state index contributed by atoms with van der Waals surface area (Å²) < 4.78 is 10.8. The zero-order valence-corrected chi connectivity index (χ0v) is 10.9. The first-order valence-corrected chi connectivity index (χ1v) is 6.28. The van der Waals surface area contributed by atoms with Crippen LogP contribution in [0.1, 0.15) is 18.0 Å². The lowest BCUT2D eigenvalue weighted by Gasteiger charge is -2.27. The van der Waals surface area contributed by atoms with Crippen LogP contribution < -0.4 is 25.8 Å². The number of amides is 2. The molecule has 0 bridgehead atoms. The van der Waals surface area contributed by atoms with Gasteiger partial charge in [-0.25, -0.2) is 4.79 Å². The molecule has 0 spiro atoms. The molecule has 1 atom stereocenters. The van der Waals surface area contributed by atoms with E-state index in [0.29, 0.717) is 19.7 Å². The molecule has 0 radical (unpaired) electrons. The molecular formula is C13H19N3O3. The number of carbonyl (C=O) groups is 1. The molecule has 0 aliphatic carbocycles. The fourth-order valence-corrected chi connectivity index (χ4v) is 2.14. The van der Waals surface area contributed by atoms with Crippen molar-refractivity contribution >= 4 is 6.03 Å². The minimum absolute atomic E-state index is 0.202. The van der Waals surface area contributed by atoms with Crippen LogP contribution >= 0.6 is 0 Å². The highest BCUT2D eigenvalue weighted by atomic mass is 16.5. The third kappa shape index (κ3) is 3.51. The van der Waals surface area contributed by atoms with Gasteiger partial charge < -0.3 is 25.8 Å². The number of nitrogens with two attached hydrogens (primary N) is 1. The highest BCUT2D eigenvalue weighted by Crippen LogP contribution is 2.34. The van der Waals surface area contributed by atoms with E-state index in [2.05, 4.69) is 10.6 Å². The lowest BCUT2D eigenvalue weighted by Crippen LogP contribution is -2.37. The van der Waals surface area contributed by atoms with Crippen LogP contribution in [0, 0.1) is 0 Å². The molecule has 6 nitrogen and oxygen atoms in total. The number of fused-ring (bicyclic) bond motifs is 1. The van der Waals surface area contributed by atoms with E-state index in [1.807, 2.05) is 18.2 Å². The molecule has 0 saturated carbocycles. The third-order valence-electron chi connectivity index (χ3n) is 3.07. The molecule has 2 amide bonds. The van der Waals surface area contributed by atoms with Gasteiger partial charge in [0.25, 0.3) is 0 Å². The van der Waals surface area contributed by atoms with Crippen LogP contribution in [0.25, 0.3) is 0 Å². The van der Waals surface area contributed by atoms with E-state index in [1.165, 1.54) is 0 Å². The molecule has 0 saturated heterocycles. The number of primary amides is 1. The van der Waals surface area contributed by atoms with E-state index in [-0.39, 0.29) is 6.04 Å². The molecule has 1 aromatic rings. The van der Waals surface area contributed by atoms with Gasteiger partial charge in [-0.2, -0.15) is 0 Å². The van der Waals surface area contributed by atoms with E-state index in [0.717, 1.165) is 23.5 Å². The normalized spacial score (nSPS) is 17.2. The zero-order chi connectivity index (χ0) is 13.7. The minimum atomic E-state index is -0.504. The first kappa shape index (κ1) is 13.5. The van der Waals surface area contributed by atoms with Crippen molar-refractivity contribution in [2.75, 3.05) is 26.8 Å². The number of ether oxygens (including phenoxy) is 2. The molecule has 6 heteroatoms. The number of hydrogen-bond acceptors (Lipinski definition) is 4. The molecule has 0 fully saturated rings. The Morgan fingerprint density at radius 3 is 3.11 bits per heavy atom. The van der Waals surface area contributed by atoms with Gasteiger partial charge in [0.2, 0.25) is 0 Å². The Kier molecular flexibility index (Phi) is 4.46. The molecule has 0 aromatic heterocycles. The SMILES string of the molecule is COc1ccc2c(c1)C(NCCNC(N)=O)CCO2. The van der Waals surface area contributed by atoms with Crippen molar-refractivity contribution < 1.29 is 14.3 Å². The monoisotopic (exact) mass is 265 g/mol. The predicted octanol–water partition coefficient (Wildman–Crippen LogP) is 0.777. The van der Waals surface area contributed by atoms with Crippen LogP contribution in [0.5, 0.6) is 11.5 Å². The van der Waals surface area contributed by atoms with Crippen molar-refractivity contribution in [3.05, 3.63) is 23.8 Å². The second-order valence-electron chi connectivity index (χ2n) is 4.34. The van der Waals surface area contributed by atoms with Crippen LogP contribution in [-0.2, 0) is 0 Å². The van der Waals surface area contributed by atoms with Crippen molar-refractivity contribution in [1.82, 2.24) is 10.6 Å². The van der Waals surface area contributed by atoms with Gasteiger partial charge in [-0.1, -0.05) is 0 Å². The summed E-state index contributed by atoms with van der Waals surface area (Å²) in [5, 5.41) is 5.93. The fraction of sp³-hybridized carbons (Fsp3) is 0.462. The van der Waals surface area contributed by atoms with Crippen LogP contribution in [0.2, 0.25) is 0 Å². The van der Waals surface area contributed by atoms with Crippen molar-refractivity contribution in [3.63, 3.8) is 0 Å². The zero-order valence-electron chi connectivity index (χ0n) is 10.9. The molecule has 1 aliphatic heterocycles. The number of urea groups is 1. The second kappa shape index (κ2) is 6.29. The minimum Gasteiger partial charge on any atom is -0.497 e. The number of methoxy groups -OCH3 is 1. The van der Waals surface area contributed by atoms with Gasteiger partial charge in [0, 0.05) is 31.1 Å². The second-order valence-corrected chi connectivity index (χ2v) is 4.34. The Morgan fingerprint density at radius 2 is 2.37 bits per heavy atom. The summed E-state index contributed by atoms with van der Waals surface area (Å²) in [6.07, 6.45) is 0.886. The first-order chi connectivity index (χ1) is 9.20. The molecule has 1 aliphatic rings. The van der Waals surface area contributed by atoms with Crippen LogP contribution in [0.4, 0.5) is 4.79 Å². The summed E-state index contributed by atoms with van der Waals surface area (Å²) in [5.41, 5.74) is 6.10. The molecule has 2 rings (SSSR count). The van der Waals surface area contributed by atoms with E-state index in [4.69, 9.17) is 15.2 Å². The van der Waals surface area contributed by atoms with Crippen LogP contribution in [0.3, 0.4) is 0 Å². The van der Waals surface area contributed by atoms with Crippen LogP contribution in [-0.4, -0.2) is 32.8 Å². The van der Waals surface area contributed by atoms with Crippen molar-refractivity contribution in [2.45, 2.75) is 12.5 Å². The maximum absolute atomic E-state index is 10.6. The lowest BCUT2D eigenvalue weighted by molar-refractivity contribution is 0.245. The van der Waals surface area contributed by atoms with Crippen molar-refractivity contribution in [3.8, 4) is 11.5 Å². The average Bonchev–Trinajstić information content (AvgIpc) is 2.43. The molecular weight excluding hydrogens is 246 g/mol. The van der Waals surface area contributed by atoms with Gasteiger partial charge in [-0.15, -0.1) is 0 Å². The fourth-order valence-electron chi connectivity index (χ4n) is 2.14. The van der Waals surface area contributed by atoms with Gasteiger partial charge in [0.15, 0.2) is 0 Å². The molecule has 1 unspecified atom stereocenters. The van der Waals surface area contributed by atoms with Gasteiger partial charge >= 0.3 is 6.03 Å². The molecule has 1 aromatic carbocycles. The molecule has 19 heavy (non-hydrogen) atoms. The average molecular weight is 265 g/mol. The molecule has 1 heterocycles. The Morgan fingerprint density at radius 1 is 1.53 bits per heavy atom. The molecule has 104 valence electrons. The van der Waals surface area contributed by atoms with E-state index in [1.54, 1.807) is 7.11 Å². The van der Waals surface area contributed by atoms with Crippen LogP contribution in [0.15, 0.2) is 18.2 Å². The van der Waals surface area contributed by atoms with Crippen molar-refractivity contribution in [1.29, 1.82) is 0 Å². The number of carbonyl (C=O) groups excluding carboxylic acids is 1. The maximum atomic E-state index is 10.6. The van der Waals surface area contributed by atoms with E-state index < -0.39 is 6.03 Å². The maximum Gasteiger partial charge on any atom is 0.312 e. The number of rotatable bonds is 5. The number of nitrogens with one attached hydrogen (secondary N) is 2. The standard InChI is InChI=1S/C13H19N3O3/c1-18-9-2-3-12-10(8-9)11(4-7-19-12)15-5-6-16-13(14)17/h2-3,8,11,15H,4-7H2,1H3,(H3,14,16,17). The van der Waals surface area contributed by atoms with Gasteiger partial charge in [0.1, 0.15) is 11.5 Å². The predicted molar refractivity (Wildman–Crippen MR) is 71.4 cm³/mol. The first-order valence-electron chi connectivity index (χ1n) is 6.28. The Bertz CT molecular complexity index is 451. The number of benzene rings is 1. The highest BCUT2D eigenvalue weighted by Gasteiger charge is 2.21. The van der Waals surface area contributed by atoms with Crippen molar-refractivity contribution in [2.24, 2.45) is 5.73 Å². The summed E-state index contributed by atoms with van der Waals surface area (Å²) in [6.45, 7) is 1.84. The summed E-state index contributed by atoms with van der Waals surface area (Å²) >= 11 is 0. The largest absolute Gasteiger partial charge is 0.497 e. The summed E-state index contributed by atoms with van der Waals surface area (Å²) in [6, 6.07) is 5.48.